The lowest BCUT2D eigenvalue weighted by Crippen LogP contribution is -2.47. The summed E-state index contributed by atoms with van der Waals surface area (Å²) in [4.78, 5) is 63.0. The van der Waals surface area contributed by atoms with E-state index in [-0.39, 0.29) is 24.9 Å². The number of hydrogen-bond acceptors (Lipinski definition) is 12. The van der Waals surface area contributed by atoms with E-state index in [1.807, 2.05) is 6.79 Å². The summed E-state index contributed by atoms with van der Waals surface area (Å²) in [6, 6.07) is -0.734. The summed E-state index contributed by atoms with van der Waals surface area (Å²) < 4.78 is 25.9. The topological polar surface area (TPSA) is 175 Å². The van der Waals surface area contributed by atoms with Crippen molar-refractivity contribution in [2.45, 2.75) is 77.7 Å². The molecule has 0 radical (unpaired) electrons. The van der Waals surface area contributed by atoms with E-state index in [2.05, 4.69) is 20.4 Å². The number of esters is 1. The molecule has 0 heterocycles. The normalized spacial score (nSPS) is 10.7. The van der Waals surface area contributed by atoms with Gasteiger partial charge in [0.15, 0.2) is 0 Å². The number of nitrogens with one attached hydrogen (secondary N) is 3. The summed E-state index contributed by atoms with van der Waals surface area (Å²) in [5.41, 5.74) is 2.60. The van der Waals surface area contributed by atoms with Crippen LogP contribution in [0.2, 0.25) is 0 Å². The van der Waals surface area contributed by atoms with Gasteiger partial charge in [-0.1, -0.05) is 6.42 Å². The number of thiol groups is 1. The Morgan fingerprint density at radius 3 is 2.26 bits per heavy atom. The minimum Gasteiger partial charge on any atom is -0.466 e. The highest BCUT2D eigenvalue weighted by molar-refractivity contribution is 7.75. The number of hydroxylamine groups is 1. The molecule has 0 saturated carbocycles. The molecule has 0 spiro atoms. The Balaban J connectivity index is -0.000000728. The molecule has 222 valence electrons. The third-order valence-electron chi connectivity index (χ3n) is 4.37. The van der Waals surface area contributed by atoms with Crippen molar-refractivity contribution in [1.29, 1.82) is 1.12 Å². The molecule has 0 aromatic heterocycles. The molecule has 0 aliphatic heterocycles. The Hall–Kier alpha value is -2.55. The molecule has 0 aliphatic rings. The van der Waals surface area contributed by atoms with Gasteiger partial charge in [-0.2, -0.15) is 5.48 Å². The van der Waals surface area contributed by atoms with Crippen molar-refractivity contribution in [2.75, 3.05) is 39.5 Å². The maximum atomic E-state index is 12.1. The van der Waals surface area contributed by atoms with Gasteiger partial charge in [-0.25, -0.2) is 9.08 Å². The Labute approximate surface area is 232 Å². The Bertz CT molecular complexity index is 621. The molecule has 1 unspecified atom stereocenters. The first kappa shape index (κ1) is 37.6. The zero-order chi connectivity index (χ0) is 30.0. The van der Waals surface area contributed by atoms with Gasteiger partial charge in [-0.05, 0) is 58.8 Å². The first-order valence-electron chi connectivity index (χ1n) is 13.0. The molecule has 0 bridgehead atoms. The van der Waals surface area contributed by atoms with E-state index < -0.39 is 12.1 Å². The van der Waals surface area contributed by atoms with E-state index >= 15 is 0 Å². The van der Waals surface area contributed by atoms with Crippen LogP contribution in [0.3, 0.4) is 0 Å². The first-order chi connectivity index (χ1) is 19.0. The molecule has 0 aromatic rings. The van der Waals surface area contributed by atoms with Gasteiger partial charge in [0.25, 0.3) is 0 Å². The van der Waals surface area contributed by atoms with E-state index in [0.717, 1.165) is 25.4 Å². The lowest BCUT2D eigenvalue weighted by molar-refractivity contribution is -0.143. The van der Waals surface area contributed by atoms with Crippen molar-refractivity contribution in [3.8, 4) is 0 Å². The molecule has 0 aromatic carbocycles. The van der Waals surface area contributed by atoms with E-state index in [1.54, 1.807) is 13.8 Å². The number of unbranched alkanes of at least 4 members (excludes halogenated alkanes) is 3. The molecule has 3 N–H and O–H groups in total. The number of carbonyl (C=O) groups is 6. The lowest BCUT2D eigenvalue weighted by atomic mass is 10.1. The second kappa shape index (κ2) is 34.5. The average molecular weight is 570 g/mol. The lowest BCUT2D eigenvalue weighted by Gasteiger charge is -2.18. The van der Waals surface area contributed by atoms with Crippen LogP contribution in [-0.2, 0) is 42.5 Å². The largest absolute Gasteiger partial charge is 0.466 e. The van der Waals surface area contributed by atoms with E-state index in [4.69, 9.17) is 20.1 Å². The fourth-order valence-corrected chi connectivity index (χ4v) is 2.71. The zero-order valence-corrected chi connectivity index (χ0v) is 23.4. The average Bonchev–Trinajstić information content (AvgIpc) is 2.93. The second-order valence-corrected chi connectivity index (χ2v) is 7.49. The van der Waals surface area contributed by atoms with Crippen LogP contribution in [0.5, 0.6) is 0 Å². The van der Waals surface area contributed by atoms with Crippen molar-refractivity contribution in [3.05, 3.63) is 0 Å². The van der Waals surface area contributed by atoms with Gasteiger partial charge in [0.1, 0.15) is 26.5 Å². The fraction of sp³-hybridized carbons (Fsp3) is 0.750. The summed E-state index contributed by atoms with van der Waals surface area (Å²) in [6.45, 7) is 8.22. The smallest absolute Gasteiger partial charge is 0.407 e. The molecule has 0 saturated heterocycles. The Morgan fingerprint density at radius 1 is 0.921 bits per heavy atom. The van der Waals surface area contributed by atoms with Crippen molar-refractivity contribution in [1.82, 2.24) is 16.1 Å². The van der Waals surface area contributed by atoms with Gasteiger partial charge in [0.2, 0.25) is 5.91 Å². The van der Waals surface area contributed by atoms with Gasteiger partial charge in [-0.15, -0.1) is 0 Å². The molecule has 1 atom stereocenters. The number of hydrogen-bond donors (Lipinski definition) is 4. The summed E-state index contributed by atoms with van der Waals surface area (Å²) in [7, 11) is 0. The van der Waals surface area contributed by atoms with Crippen LogP contribution < -0.4 is 16.1 Å². The quantitative estimate of drug-likeness (QED) is 0.0353. The van der Waals surface area contributed by atoms with Crippen LogP contribution in [0.4, 0.5) is 4.79 Å². The highest BCUT2D eigenvalue weighted by Gasteiger charge is 2.20. The maximum Gasteiger partial charge on any atom is 0.407 e. The predicted octanol–water partition coefficient (Wildman–Crippen LogP) is 1.87. The van der Waals surface area contributed by atoms with E-state index in [0.29, 0.717) is 84.2 Å². The van der Waals surface area contributed by atoms with Crippen molar-refractivity contribution < 1.29 is 47.3 Å². The number of aldehydes is 2. The SMILES string of the molecule is C=O.CCOC(=O)CCCCC(NC(=O)OCC)C(=O)NCCCC=O.[3H]SONCCCCOCCC=O. The monoisotopic (exact) mass is 569 g/mol. The molecule has 2 amide bonds. The predicted molar refractivity (Wildman–Crippen MR) is 143 cm³/mol. The standard InChI is InChI=1S/C16H28N2O6.C7H15NO3S.CH2O/c1-3-23-14(20)10-6-5-9-13(18-16(22)24-4-2)15(21)17-11-7-8-12-19;9-5-3-7-10-6-2-1-4-8-11-12;1-2/h12-13H,3-11H2,1-2H3,(H,17,21)(H,18,22);5,8,12H,1-4,6-7H2;1H2/i/hT. The number of alkyl carbamates (subject to hydrolysis) is 1. The van der Waals surface area contributed by atoms with E-state index in [9.17, 15) is 24.0 Å². The minimum atomic E-state index is -0.734. The molecule has 0 fully saturated rings. The van der Waals surface area contributed by atoms with Gasteiger partial charge in [0, 0.05) is 39.0 Å². The Kier molecular flexibility index (Phi) is 34.1. The number of rotatable bonds is 23. The maximum absolute atomic E-state index is 12.1. The summed E-state index contributed by atoms with van der Waals surface area (Å²) in [5, 5.41) is 5.19. The van der Waals surface area contributed by atoms with Crippen LogP contribution in [0.15, 0.2) is 0 Å². The first-order valence-corrected chi connectivity index (χ1v) is 12.9. The number of carbonyl (C=O) groups excluding carboxylic acids is 6. The van der Waals surface area contributed by atoms with Gasteiger partial charge in [0.05, 0.1) is 19.8 Å². The summed E-state index contributed by atoms with van der Waals surface area (Å²) >= 11 is 0.545. The number of ether oxygens (including phenoxy) is 3. The van der Waals surface area contributed by atoms with Crippen molar-refractivity contribution in [3.63, 3.8) is 0 Å². The highest BCUT2D eigenvalue weighted by Crippen LogP contribution is 2.06. The molecule has 13 nitrogen and oxygen atoms in total. The molecule has 14 heteroatoms. The molecular formula is C24H45N3O10S. The van der Waals surface area contributed by atoms with E-state index in [1.165, 1.54) is 0 Å². The Morgan fingerprint density at radius 2 is 1.63 bits per heavy atom. The van der Waals surface area contributed by atoms with Crippen LogP contribution >= 0.6 is 12.8 Å². The van der Waals surface area contributed by atoms with Crippen molar-refractivity contribution in [2.24, 2.45) is 0 Å². The van der Waals surface area contributed by atoms with Gasteiger partial charge >= 0.3 is 12.1 Å². The molecule has 0 rings (SSSR count). The third-order valence-corrected chi connectivity index (χ3v) is 4.49. The minimum absolute atomic E-state index is 0.211. The number of amides is 2. The summed E-state index contributed by atoms with van der Waals surface area (Å²) in [5.74, 6) is -0.601. The van der Waals surface area contributed by atoms with Gasteiger partial charge in [-0.3, -0.25) is 9.59 Å². The van der Waals surface area contributed by atoms with Crippen LogP contribution in [0.25, 0.3) is 0 Å². The van der Waals surface area contributed by atoms with Crippen molar-refractivity contribution >= 4 is 50.1 Å². The molecule has 0 aliphatic carbocycles. The van der Waals surface area contributed by atoms with Crippen LogP contribution in [0, 0.1) is 0 Å². The second-order valence-electron chi connectivity index (χ2n) is 7.32. The van der Waals surface area contributed by atoms with Crippen LogP contribution in [0.1, 0.15) is 71.6 Å². The summed E-state index contributed by atoms with van der Waals surface area (Å²) in [6.07, 6.45) is 6.04. The third kappa shape index (κ3) is 31.5. The fourth-order valence-electron chi connectivity index (χ4n) is 2.63. The zero-order valence-electron chi connectivity index (χ0n) is 23.5. The highest BCUT2D eigenvalue weighted by atomic mass is 32.1. The molecule has 38 heavy (non-hydrogen) atoms. The van der Waals surface area contributed by atoms with Crippen LogP contribution in [-0.4, -0.2) is 84.0 Å². The molecular weight excluding hydrogens is 522 g/mol. The van der Waals surface area contributed by atoms with Gasteiger partial charge < -0.3 is 39.2 Å².